The topological polar surface area (TPSA) is 50.3 Å². The fourth-order valence-electron chi connectivity index (χ4n) is 2.43. The van der Waals surface area contributed by atoms with Gasteiger partial charge in [-0.3, -0.25) is 0 Å². The van der Waals surface area contributed by atoms with Crippen LogP contribution in [0.2, 0.25) is 5.02 Å². The molecule has 2 heterocycles. The van der Waals surface area contributed by atoms with Gasteiger partial charge in [-0.25, -0.2) is 4.98 Å². The van der Waals surface area contributed by atoms with Crippen molar-refractivity contribution in [3.63, 3.8) is 0 Å². The molecule has 1 aliphatic rings. The Hall–Kier alpha value is -2.01. The minimum absolute atomic E-state index is 0.542. The number of ether oxygens (including phenoxy) is 1. The standard InChI is InChI=1S/C15H17ClN4O/c1-21-13-5-4-11(16)10-12(13)18-15-17-7-6-14(19-15)20-8-2-3-9-20/h4-7,10H,2-3,8-9H2,1H3,(H,17,18,19). The van der Waals surface area contributed by atoms with E-state index in [2.05, 4.69) is 20.2 Å². The molecule has 110 valence electrons. The Bertz CT molecular complexity index is 629. The van der Waals surface area contributed by atoms with Crippen molar-refractivity contribution >= 4 is 29.1 Å². The first-order valence-electron chi connectivity index (χ1n) is 6.95. The molecule has 6 heteroatoms. The molecule has 0 spiro atoms. The van der Waals surface area contributed by atoms with Gasteiger partial charge in [0.1, 0.15) is 11.6 Å². The van der Waals surface area contributed by atoms with Gasteiger partial charge in [-0.15, -0.1) is 0 Å². The van der Waals surface area contributed by atoms with Gasteiger partial charge in [0.05, 0.1) is 12.8 Å². The van der Waals surface area contributed by atoms with Crippen LogP contribution in [0.15, 0.2) is 30.5 Å². The molecule has 21 heavy (non-hydrogen) atoms. The Balaban J connectivity index is 1.84. The van der Waals surface area contributed by atoms with Crippen molar-refractivity contribution in [3.8, 4) is 5.75 Å². The number of hydrogen-bond acceptors (Lipinski definition) is 5. The minimum atomic E-state index is 0.542. The Morgan fingerprint density at radius 3 is 2.81 bits per heavy atom. The molecule has 1 N–H and O–H groups in total. The van der Waals surface area contributed by atoms with E-state index < -0.39 is 0 Å². The monoisotopic (exact) mass is 304 g/mol. The number of benzene rings is 1. The van der Waals surface area contributed by atoms with Crippen LogP contribution < -0.4 is 15.0 Å². The quantitative estimate of drug-likeness (QED) is 0.937. The summed E-state index contributed by atoms with van der Waals surface area (Å²) in [6.07, 6.45) is 4.20. The zero-order valence-electron chi connectivity index (χ0n) is 11.8. The summed E-state index contributed by atoms with van der Waals surface area (Å²) in [6.45, 7) is 2.11. The van der Waals surface area contributed by atoms with Gasteiger partial charge in [-0.1, -0.05) is 11.6 Å². The second-order valence-corrected chi connectivity index (χ2v) is 5.34. The molecule has 0 aliphatic carbocycles. The summed E-state index contributed by atoms with van der Waals surface area (Å²) in [5.41, 5.74) is 0.753. The lowest BCUT2D eigenvalue weighted by atomic mass is 10.3. The lowest BCUT2D eigenvalue weighted by Gasteiger charge is -2.17. The average molecular weight is 305 g/mol. The van der Waals surface area contributed by atoms with E-state index in [1.165, 1.54) is 12.8 Å². The second kappa shape index (κ2) is 6.18. The Morgan fingerprint density at radius 2 is 2.05 bits per heavy atom. The van der Waals surface area contributed by atoms with Crippen molar-refractivity contribution in [2.45, 2.75) is 12.8 Å². The maximum atomic E-state index is 6.03. The first-order chi connectivity index (χ1) is 10.3. The summed E-state index contributed by atoms with van der Waals surface area (Å²) in [5, 5.41) is 3.80. The van der Waals surface area contributed by atoms with Gasteiger partial charge in [0.25, 0.3) is 0 Å². The third-order valence-electron chi connectivity index (χ3n) is 3.48. The molecule has 1 saturated heterocycles. The van der Waals surface area contributed by atoms with Gasteiger partial charge in [-0.2, -0.15) is 4.98 Å². The first kappa shape index (κ1) is 13.9. The number of anilines is 3. The Labute approximate surface area is 128 Å². The van der Waals surface area contributed by atoms with E-state index in [0.717, 1.165) is 24.6 Å². The molecule has 0 radical (unpaired) electrons. The van der Waals surface area contributed by atoms with E-state index in [1.54, 1.807) is 25.4 Å². The molecule has 0 saturated carbocycles. The van der Waals surface area contributed by atoms with E-state index in [4.69, 9.17) is 16.3 Å². The van der Waals surface area contributed by atoms with Gasteiger partial charge < -0.3 is 15.0 Å². The second-order valence-electron chi connectivity index (χ2n) is 4.90. The lowest BCUT2D eigenvalue weighted by Crippen LogP contribution is -2.19. The van der Waals surface area contributed by atoms with Crippen LogP contribution in [0.4, 0.5) is 17.5 Å². The van der Waals surface area contributed by atoms with Crippen LogP contribution in [0, 0.1) is 0 Å². The number of hydrogen-bond donors (Lipinski definition) is 1. The first-order valence-corrected chi connectivity index (χ1v) is 7.32. The Morgan fingerprint density at radius 1 is 1.24 bits per heavy atom. The molecule has 0 amide bonds. The summed E-state index contributed by atoms with van der Waals surface area (Å²) in [5.74, 6) is 2.19. The van der Waals surface area contributed by atoms with E-state index >= 15 is 0 Å². The smallest absolute Gasteiger partial charge is 0.229 e. The number of halogens is 1. The van der Waals surface area contributed by atoms with E-state index in [-0.39, 0.29) is 0 Å². The highest BCUT2D eigenvalue weighted by atomic mass is 35.5. The highest BCUT2D eigenvalue weighted by molar-refractivity contribution is 6.30. The van der Waals surface area contributed by atoms with E-state index in [1.807, 2.05) is 12.1 Å². The van der Waals surface area contributed by atoms with Crippen molar-refractivity contribution < 1.29 is 4.74 Å². The highest BCUT2D eigenvalue weighted by Gasteiger charge is 2.14. The lowest BCUT2D eigenvalue weighted by molar-refractivity contribution is 0.417. The maximum Gasteiger partial charge on any atom is 0.229 e. The van der Waals surface area contributed by atoms with Crippen molar-refractivity contribution in [3.05, 3.63) is 35.5 Å². The van der Waals surface area contributed by atoms with Crippen molar-refractivity contribution in [1.82, 2.24) is 9.97 Å². The third-order valence-corrected chi connectivity index (χ3v) is 3.71. The number of nitrogens with one attached hydrogen (secondary N) is 1. The molecular formula is C15H17ClN4O. The normalized spacial score (nSPS) is 14.3. The number of rotatable bonds is 4. The molecule has 5 nitrogen and oxygen atoms in total. The van der Waals surface area contributed by atoms with Crippen LogP contribution in [-0.4, -0.2) is 30.2 Å². The predicted octanol–water partition coefficient (Wildman–Crippen LogP) is 3.48. The molecule has 1 aliphatic heterocycles. The van der Waals surface area contributed by atoms with Crippen LogP contribution in [-0.2, 0) is 0 Å². The number of nitrogens with zero attached hydrogens (tertiary/aromatic N) is 3. The summed E-state index contributed by atoms with van der Waals surface area (Å²) in [6, 6.07) is 7.33. The SMILES string of the molecule is COc1ccc(Cl)cc1Nc1nccc(N2CCCC2)n1. The van der Waals surface area contributed by atoms with Crippen LogP contribution >= 0.6 is 11.6 Å². The summed E-state index contributed by atoms with van der Waals surface area (Å²) in [4.78, 5) is 11.1. The minimum Gasteiger partial charge on any atom is -0.495 e. The zero-order chi connectivity index (χ0) is 14.7. The van der Waals surface area contributed by atoms with Gasteiger partial charge in [0, 0.05) is 24.3 Å². The van der Waals surface area contributed by atoms with Crippen LogP contribution in [0.5, 0.6) is 5.75 Å². The fourth-order valence-corrected chi connectivity index (χ4v) is 2.60. The van der Waals surface area contributed by atoms with Crippen molar-refractivity contribution in [2.75, 3.05) is 30.4 Å². The molecule has 1 fully saturated rings. The molecule has 2 aromatic rings. The average Bonchev–Trinajstić information content (AvgIpc) is 3.02. The molecule has 0 bridgehead atoms. The van der Waals surface area contributed by atoms with E-state index in [9.17, 15) is 0 Å². The summed E-state index contributed by atoms with van der Waals surface area (Å²) < 4.78 is 5.32. The van der Waals surface area contributed by atoms with Crippen molar-refractivity contribution in [2.24, 2.45) is 0 Å². The summed E-state index contributed by atoms with van der Waals surface area (Å²) >= 11 is 6.03. The number of aromatic nitrogens is 2. The molecule has 0 atom stereocenters. The van der Waals surface area contributed by atoms with E-state index in [0.29, 0.717) is 16.7 Å². The fraction of sp³-hybridized carbons (Fsp3) is 0.333. The zero-order valence-corrected chi connectivity index (χ0v) is 12.6. The van der Waals surface area contributed by atoms with Gasteiger partial charge in [0.2, 0.25) is 5.95 Å². The third kappa shape index (κ3) is 3.19. The Kier molecular flexibility index (Phi) is 4.10. The van der Waals surface area contributed by atoms with Crippen LogP contribution in [0.1, 0.15) is 12.8 Å². The molecule has 3 rings (SSSR count). The number of methoxy groups -OCH3 is 1. The van der Waals surface area contributed by atoms with Gasteiger partial charge in [-0.05, 0) is 37.1 Å². The molecular weight excluding hydrogens is 288 g/mol. The maximum absolute atomic E-state index is 6.03. The highest BCUT2D eigenvalue weighted by Crippen LogP contribution is 2.30. The molecule has 0 unspecified atom stereocenters. The largest absolute Gasteiger partial charge is 0.495 e. The molecule has 1 aromatic heterocycles. The van der Waals surface area contributed by atoms with Crippen LogP contribution in [0.3, 0.4) is 0 Å². The van der Waals surface area contributed by atoms with Gasteiger partial charge in [0.15, 0.2) is 0 Å². The molecule has 1 aromatic carbocycles. The van der Waals surface area contributed by atoms with Crippen LogP contribution in [0.25, 0.3) is 0 Å². The predicted molar refractivity (Wildman–Crippen MR) is 84.8 cm³/mol. The summed E-state index contributed by atoms with van der Waals surface area (Å²) in [7, 11) is 1.62. The van der Waals surface area contributed by atoms with Crippen molar-refractivity contribution in [1.29, 1.82) is 0 Å². The van der Waals surface area contributed by atoms with Gasteiger partial charge >= 0.3 is 0 Å².